The van der Waals surface area contributed by atoms with E-state index in [2.05, 4.69) is 27.4 Å². The summed E-state index contributed by atoms with van der Waals surface area (Å²) in [5.41, 5.74) is 0. The van der Waals surface area contributed by atoms with Gasteiger partial charge in [-0.25, -0.2) is 0 Å². The van der Waals surface area contributed by atoms with Crippen molar-refractivity contribution in [3.8, 4) is 0 Å². The van der Waals surface area contributed by atoms with Gasteiger partial charge in [0.1, 0.15) is 0 Å². The molecule has 1 nitrogen and oxygen atoms in total. The molecule has 68 valence electrons. The molecule has 11 heavy (non-hydrogen) atoms. The fourth-order valence-electron chi connectivity index (χ4n) is 1.33. The molecule has 0 fully saturated rings. The Hall–Kier alpha value is -0.370. The highest BCUT2D eigenvalue weighted by molar-refractivity contribution is 4.65. The molecular weight excluding hydrogens is 141 g/mol. The molecule has 0 heterocycles. The lowest BCUT2D eigenvalue weighted by Crippen LogP contribution is -3.00. The van der Waals surface area contributed by atoms with Gasteiger partial charge in [0, 0.05) is 0 Å². The zero-order valence-electron chi connectivity index (χ0n) is 7.94. The van der Waals surface area contributed by atoms with Crippen LogP contribution < -0.4 is 4.70 Å². The van der Waals surface area contributed by atoms with Crippen LogP contribution in [0.25, 0.3) is 0 Å². The van der Waals surface area contributed by atoms with Crippen molar-refractivity contribution in [2.45, 2.75) is 20.8 Å². The number of quaternary nitrogens is 1. The molecule has 0 rings (SSSR count). The molecule has 0 atom stereocenters. The first-order chi connectivity index (χ1) is 4.74. The predicted molar refractivity (Wildman–Crippen MR) is 46.9 cm³/mol. The Morgan fingerprint density at radius 1 is 1.09 bits per heavy atom. The molecule has 0 N–H and O–H groups in total. The number of nitrogens with zero attached hydrogens (tertiary/aromatic N) is 1. The topological polar surface area (TPSA) is 0 Å². The Kier molecular flexibility index (Phi) is 7.64. The summed E-state index contributed by atoms with van der Waals surface area (Å²) in [6, 6.07) is 0. The fraction of sp³-hybridized carbons (Fsp3) is 0.778. The summed E-state index contributed by atoms with van der Waals surface area (Å²) in [4.78, 5) is 0. The van der Waals surface area contributed by atoms with Crippen LogP contribution in [0, 0.1) is 0 Å². The molecule has 0 amide bonds. The van der Waals surface area contributed by atoms with E-state index in [1.165, 1.54) is 24.1 Å². The number of hydrogen-bond donors (Lipinski definition) is 0. The van der Waals surface area contributed by atoms with Crippen molar-refractivity contribution in [2.75, 3.05) is 26.2 Å². The summed E-state index contributed by atoms with van der Waals surface area (Å²) in [7, 11) is 0. The molecule has 0 aromatic rings. The molecule has 0 radical (unpaired) electrons. The van der Waals surface area contributed by atoms with E-state index in [9.17, 15) is 0 Å². The van der Waals surface area contributed by atoms with Crippen LogP contribution in [-0.2, 0) is 0 Å². The number of rotatable bonds is 5. The second-order valence-corrected chi connectivity index (χ2v) is 2.76. The van der Waals surface area contributed by atoms with E-state index < -0.39 is 0 Å². The summed E-state index contributed by atoms with van der Waals surface area (Å²) in [6.07, 6.45) is 2.02. The van der Waals surface area contributed by atoms with Gasteiger partial charge in [0.15, 0.2) is 0 Å². The first-order valence-electron chi connectivity index (χ1n) is 4.20. The van der Waals surface area contributed by atoms with E-state index in [1.54, 1.807) is 0 Å². The van der Waals surface area contributed by atoms with Gasteiger partial charge in [-0.2, -0.15) is 0 Å². The van der Waals surface area contributed by atoms with Crippen LogP contribution in [-0.4, -0.2) is 30.7 Å². The Bertz CT molecular complexity index is 89.5. The van der Waals surface area contributed by atoms with Crippen molar-refractivity contribution < 1.29 is 9.19 Å². The molecular formula is C9H20FN. The van der Waals surface area contributed by atoms with Gasteiger partial charge in [0.2, 0.25) is 0 Å². The van der Waals surface area contributed by atoms with Crippen molar-refractivity contribution in [1.29, 1.82) is 0 Å². The third-order valence-corrected chi connectivity index (χ3v) is 2.53. The highest BCUT2D eigenvalue weighted by Crippen LogP contribution is 2.04. The molecule has 0 saturated heterocycles. The first-order valence-corrected chi connectivity index (χ1v) is 4.20. The summed E-state index contributed by atoms with van der Waals surface area (Å²) in [5, 5.41) is 0. The zero-order valence-corrected chi connectivity index (χ0v) is 7.94. The van der Waals surface area contributed by atoms with Gasteiger partial charge in [-0.1, -0.05) is 6.58 Å². The van der Waals surface area contributed by atoms with Gasteiger partial charge >= 0.3 is 0 Å². The maximum atomic E-state index is 3.77. The number of halogens is 1. The first kappa shape index (κ1) is 13.2. The maximum absolute atomic E-state index is 3.77. The van der Waals surface area contributed by atoms with Gasteiger partial charge in [-0.05, 0) is 26.8 Å². The van der Waals surface area contributed by atoms with E-state index in [0.717, 1.165) is 6.54 Å². The molecule has 0 bridgehead atoms. The minimum absolute atomic E-state index is 0. The standard InChI is InChI=1S/C9H20N.FH/c1-5-9-10(6-2,7-3)8-4;/h5H,1,6-9H2,2-4H3;1H/q+1;/p-1. The normalized spacial score (nSPS) is 10.5. The Morgan fingerprint density at radius 3 is 1.55 bits per heavy atom. The lowest BCUT2D eigenvalue weighted by molar-refractivity contribution is -0.917. The van der Waals surface area contributed by atoms with Crippen molar-refractivity contribution in [3.63, 3.8) is 0 Å². The molecule has 0 aliphatic carbocycles. The molecule has 0 spiro atoms. The maximum Gasteiger partial charge on any atom is 0.0970 e. The van der Waals surface area contributed by atoms with Crippen molar-refractivity contribution in [2.24, 2.45) is 0 Å². The van der Waals surface area contributed by atoms with Crippen LogP contribution in [0.3, 0.4) is 0 Å². The third kappa shape index (κ3) is 3.51. The molecule has 2 heteroatoms. The summed E-state index contributed by atoms with van der Waals surface area (Å²) < 4.78 is 1.18. The van der Waals surface area contributed by atoms with Crippen LogP contribution in [0.1, 0.15) is 20.8 Å². The van der Waals surface area contributed by atoms with E-state index >= 15 is 0 Å². The minimum Gasteiger partial charge on any atom is -1.00 e. The van der Waals surface area contributed by atoms with E-state index in [-0.39, 0.29) is 4.70 Å². The smallest absolute Gasteiger partial charge is 0.0970 e. The van der Waals surface area contributed by atoms with Crippen molar-refractivity contribution >= 4 is 0 Å². The minimum atomic E-state index is 0. The van der Waals surface area contributed by atoms with Gasteiger partial charge in [-0.3, -0.25) is 0 Å². The van der Waals surface area contributed by atoms with Gasteiger partial charge in [0.05, 0.1) is 26.2 Å². The van der Waals surface area contributed by atoms with Crippen LogP contribution in [0.5, 0.6) is 0 Å². The van der Waals surface area contributed by atoms with Crippen LogP contribution in [0.4, 0.5) is 0 Å². The average molecular weight is 161 g/mol. The Labute approximate surface area is 69.7 Å². The van der Waals surface area contributed by atoms with Gasteiger partial charge in [-0.15, -0.1) is 0 Å². The largest absolute Gasteiger partial charge is 1.00 e. The SMILES string of the molecule is C=CC[N+](CC)(CC)CC.[F-]. The van der Waals surface area contributed by atoms with E-state index in [4.69, 9.17) is 0 Å². The van der Waals surface area contributed by atoms with Crippen LogP contribution in [0.15, 0.2) is 12.7 Å². The highest BCUT2D eigenvalue weighted by Gasteiger charge is 2.17. The predicted octanol–water partition coefficient (Wildman–Crippen LogP) is -0.947. The molecule has 0 aliphatic rings. The molecule has 0 aromatic carbocycles. The molecule has 0 aromatic heterocycles. The third-order valence-electron chi connectivity index (χ3n) is 2.53. The summed E-state index contributed by atoms with van der Waals surface area (Å²) in [6.45, 7) is 15.3. The Balaban J connectivity index is 0. The van der Waals surface area contributed by atoms with E-state index in [0.29, 0.717) is 0 Å². The van der Waals surface area contributed by atoms with Crippen molar-refractivity contribution in [1.82, 2.24) is 0 Å². The molecule has 0 aliphatic heterocycles. The van der Waals surface area contributed by atoms with E-state index in [1.807, 2.05) is 6.08 Å². The molecule has 0 saturated carbocycles. The van der Waals surface area contributed by atoms with Crippen LogP contribution >= 0.6 is 0 Å². The lowest BCUT2D eigenvalue weighted by atomic mass is 10.3. The Morgan fingerprint density at radius 2 is 1.45 bits per heavy atom. The fourth-order valence-corrected chi connectivity index (χ4v) is 1.33. The lowest BCUT2D eigenvalue weighted by Gasteiger charge is -2.34. The average Bonchev–Trinajstić information content (AvgIpc) is 2.01. The summed E-state index contributed by atoms with van der Waals surface area (Å²) >= 11 is 0. The monoisotopic (exact) mass is 161 g/mol. The highest BCUT2D eigenvalue weighted by atomic mass is 19.0. The van der Waals surface area contributed by atoms with Crippen molar-refractivity contribution in [3.05, 3.63) is 12.7 Å². The number of hydrogen-bond acceptors (Lipinski definition) is 0. The second kappa shape index (κ2) is 6.35. The second-order valence-electron chi connectivity index (χ2n) is 2.76. The summed E-state index contributed by atoms with van der Waals surface area (Å²) in [5.74, 6) is 0. The quantitative estimate of drug-likeness (QED) is 0.360. The van der Waals surface area contributed by atoms with Gasteiger partial charge < -0.3 is 9.19 Å². The number of likely N-dealkylation sites (N-methyl/N-ethyl adjacent to an activating group) is 1. The molecule has 0 unspecified atom stereocenters. The van der Waals surface area contributed by atoms with Gasteiger partial charge in [0.25, 0.3) is 0 Å². The zero-order chi connectivity index (χ0) is 8.04. The van der Waals surface area contributed by atoms with Crippen LogP contribution in [0.2, 0.25) is 0 Å².